The second kappa shape index (κ2) is 11.4. The number of ether oxygens (including phenoxy) is 2. The van der Waals surface area contributed by atoms with Crippen LogP contribution in [0.5, 0.6) is 11.5 Å². The molecule has 1 atom stereocenters. The van der Waals surface area contributed by atoms with E-state index in [0.29, 0.717) is 16.7 Å². The molecule has 0 aliphatic heterocycles. The van der Waals surface area contributed by atoms with E-state index in [1.54, 1.807) is 6.07 Å². The van der Waals surface area contributed by atoms with Gasteiger partial charge in [0.25, 0.3) is 0 Å². The molecule has 0 saturated heterocycles. The summed E-state index contributed by atoms with van der Waals surface area (Å²) in [4.78, 5) is 0. The topological polar surface area (TPSA) is 27.7 Å². The highest BCUT2D eigenvalue weighted by Gasteiger charge is 2.14. The second-order valence-corrected chi connectivity index (χ2v) is 9.97. The van der Waals surface area contributed by atoms with Crippen molar-refractivity contribution in [1.29, 1.82) is 0 Å². The molecule has 157 valence electrons. The quantitative estimate of drug-likeness (QED) is 0.237. The molecule has 3 aromatic rings. The summed E-state index contributed by atoms with van der Waals surface area (Å²) in [7, 11) is -0.864. The van der Waals surface area contributed by atoms with Gasteiger partial charge in [-0.15, -0.1) is 0 Å². The molecule has 0 aliphatic carbocycles. The van der Waals surface area contributed by atoms with E-state index in [-0.39, 0.29) is 6.29 Å². The maximum absolute atomic E-state index is 6.05. The average Bonchev–Trinajstić information content (AvgIpc) is 2.74. The molecule has 3 rings (SSSR count). The molecule has 0 spiro atoms. The van der Waals surface area contributed by atoms with Crippen LogP contribution in [0.1, 0.15) is 17.5 Å². The summed E-state index contributed by atoms with van der Waals surface area (Å²) in [6.45, 7) is 4.67. The summed E-state index contributed by atoms with van der Waals surface area (Å²) in [5.41, 5.74) is 2.19. The molecular weight excluding hydrogens is 435 g/mol. The van der Waals surface area contributed by atoms with Gasteiger partial charge in [-0.1, -0.05) is 59.6 Å². The van der Waals surface area contributed by atoms with Gasteiger partial charge < -0.3 is 13.9 Å². The highest BCUT2D eigenvalue weighted by molar-refractivity contribution is 6.48. The van der Waals surface area contributed by atoms with Crippen molar-refractivity contribution in [3.05, 3.63) is 94.0 Å². The lowest BCUT2D eigenvalue weighted by Gasteiger charge is -2.21. The number of hydrogen-bond donors (Lipinski definition) is 0. The van der Waals surface area contributed by atoms with Crippen molar-refractivity contribution in [1.82, 2.24) is 0 Å². The van der Waals surface area contributed by atoms with Crippen LogP contribution < -0.4 is 9.47 Å². The van der Waals surface area contributed by atoms with Gasteiger partial charge in [-0.3, -0.25) is 0 Å². The van der Waals surface area contributed by atoms with Gasteiger partial charge in [0, 0.05) is 6.42 Å². The molecule has 0 heterocycles. The third-order valence-electron chi connectivity index (χ3n) is 4.36. The lowest BCUT2D eigenvalue weighted by molar-refractivity contribution is -0.00173. The van der Waals surface area contributed by atoms with Gasteiger partial charge in [-0.05, 0) is 67.0 Å². The van der Waals surface area contributed by atoms with Gasteiger partial charge in [-0.25, -0.2) is 0 Å². The molecule has 0 amide bonds. The highest BCUT2D eigenvalue weighted by Crippen LogP contribution is 2.24. The summed E-state index contributed by atoms with van der Waals surface area (Å²) in [6.07, 6.45) is 1.40. The Bertz CT molecular complexity index is 917. The Morgan fingerprint density at radius 1 is 0.800 bits per heavy atom. The largest absolute Gasteiger partial charge is 0.489 e. The van der Waals surface area contributed by atoms with Gasteiger partial charge >= 0.3 is 0 Å². The number of benzene rings is 3. The molecule has 1 unspecified atom stereocenters. The molecule has 1 radical (unpaired) electrons. The Kier molecular flexibility index (Phi) is 8.64. The van der Waals surface area contributed by atoms with Crippen molar-refractivity contribution in [3.8, 4) is 11.5 Å². The van der Waals surface area contributed by atoms with Crippen molar-refractivity contribution in [3.63, 3.8) is 0 Å². The Hall–Kier alpha value is -1.98. The molecule has 0 aromatic heterocycles. The minimum absolute atomic E-state index is 0.248. The van der Waals surface area contributed by atoms with Crippen LogP contribution in [0.2, 0.25) is 23.1 Å². The molecule has 3 nitrogen and oxygen atoms in total. The van der Waals surface area contributed by atoms with Crippen molar-refractivity contribution < 1.29 is 13.9 Å². The summed E-state index contributed by atoms with van der Waals surface area (Å²) in [5.74, 6) is 1.64. The first kappa shape index (κ1) is 22.7. The molecule has 0 fully saturated rings. The smallest absolute Gasteiger partial charge is 0.209 e. The second-order valence-electron chi connectivity index (χ2n) is 7.11. The van der Waals surface area contributed by atoms with E-state index in [1.807, 2.05) is 54.6 Å². The molecule has 0 bridgehead atoms. The van der Waals surface area contributed by atoms with E-state index < -0.39 is 9.04 Å². The fraction of sp³-hybridized carbons (Fsp3) is 0.250. The molecule has 0 aliphatic rings. The van der Waals surface area contributed by atoms with E-state index in [9.17, 15) is 0 Å². The zero-order valence-electron chi connectivity index (χ0n) is 17.1. The van der Waals surface area contributed by atoms with E-state index >= 15 is 0 Å². The van der Waals surface area contributed by atoms with E-state index in [4.69, 9.17) is 37.1 Å². The first-order valence-electron chi connectivity index (χ1n) is 9.84. The van der Waals surface area contributed by atoms with Crippen LogP contribution >= 0.6 is 23.2 Å². The van der Waals surface area contributed by atoms with E-state index in [0.717, 1.165) is 29.9 Å². The minimum atomic E-state index is -0.864. The van der Waals surface area contributed by atoms with Crippen LogP contribution in [0.25, 0.3) is 0 Å². The van der Waals surface area contributed by atoms with Gasteiger partial charge in [-0.2, -0.15) is 0 Å². The molecule has 3 aromatic carbocycles. The molecule has 0 saturated carbocycles. The lowest BCUT2D eigenvalue weighted by Crippen LogP contribution is -2.27. The maximum Gasteiger partial charge on any atom is 0.209 e. The fourth-order valence-corrected chi connectivity index (χ4v) is 3.90. The van der Waals surface area contributed by atoms with Crippen LogP contribution in [0, 0.1) is 0 Å². The normalized spacial score (nSPS) is 12.0. The third-order valence-corrected chi connectivity index (χ3v) is 5.83. The standard InChI is InChI=1S/C24H25Cl2O3Si/c1-30(2)29-24(28-21-6-4-3-5-7-21)15-11-18-8-12-20(13-9-18)27-17-19-10-14-22(25)23(26)16-19/h3-10,12-14,16,24H,11,15,17H2,1-2H3. The zero-order valence-corrected chi connectivity index (χ0v) is 19.6. The predicted octanol–water partition coefficient (Wildman–Crippen LogP) is 7.18. The van der Waals surface area contributed by atoms with Crippen LogP contribution in [0.15, 0.2) is 72.8 Å². The number of para-hydroxylation sites is 1. The summed E-state index contributed by atoms with van der Waals surface area (Å²) < 4.78 is 17.9. The summed E-state index contributed by atoms with van der Waals surface area (Å²) in [5, 5.41) is 1.08. The summed E-state index contributed by atoms with van der Waals surface area (Å²) >= 11 is 12.0. The third kappa shape index (κ3) is 7.37. The zero-order chi connectivity index (χ0) is 21.3. The van der Waals surface area contributed by atoms with Crippen LogP contribution in [-0.2, 0) is 17.5 Å². The van der Waals surface area contributed by atoms with Crippen molar-refractivity contribution >= 4 is 32.2 Å². The molecular formula is C24H25Cl2O3Si. The van der Waals surface area contributed by atoms with Crippen LogP contribution in [0.4, 0.5) is 0 Å². The first-order chi connectivity index (χ1) is 14.5. The van der Waals surface area contributed by atoms with Gasteiger partial charge in [0.15, 0.2) is 6.29 Å². The van der Waals surface area contributed by atoms with Gasteiger partial charge in [0.2, 0.25) is 9.04 Å². The molecule has 0 N–H and O–H groups in total. The van der Waals surface area contributed by atoms with E-state index in [2.05, 4.69) is 25.2 Å². The Morgan fingerprint density at radius 3 is 2.17 bits per heavy atom. The van der Waals surface area contributed by atoms with Gasteiger partial charge in [0.05, 0.1) is 10.0 Å². The van der Waals surface area contributed by atoms with Gasteiger partial charge in [0.1, 0.15) is 18.1 Å². The fourth-order valence-electron chi connectivity index (χ4n) is 2.89. The Labute approximate surface area is 190 Å². The average molecular weight is 460 g/mol. The van der Waals surface area contributed by atoms with Crippen molar-refractivity contribution in [2.75, 3.05) is 0 Å². The van der Waals surface area contributed by atoms with Crippen molar-refractivity contribution in [2.45, 2.75) is 38.8 Å². The van der Waals surface area contributed by atoms with Crippen molar-refractivity contribution in [2.24, 2.45) is 0 Å². The Balaban J connectivity index is 1.52. The number of rotatable bonds is 10. The number of aryl methyl sites for hydroxylation is 1. The summed E-state index contributed by atoms with van der Waals surface area (Å²) in [6, 6.07) is 23.4. The molecule has 30 heavy (non-hydrogen) atoms. The Morgan fingerprint density at radius 2 is 1.50 bits per heavy atom. The SMILES string of the molecule is C[Si](C)OC(CCc1ccc(OCc2ccc(Cl)c(Cl)c2)cc1)Oc1ccccc1. The van der Waals surface area contributed by atoms with Crippen LogP contribution in [0.3, 0.4) is 0 Å². The minimum Gasteiger partial charge on any atom is -0.489 e. The monoisotopic (exact) mass is 459 g/mol. The molecule has 6 heteroatoms. The predicted molar refractivity (Wildman–Crippen MR) is 125 cm³/mol. The number of hydrogen-bond acceptors (Lipinski definition) is 3. The first-order valence-corrected chi connectivity index (χ1v) is 13.0. The number of halogens is 2. The van der Waals surface area contributed by atoms with Crippen LogP contribution in [-0.4, -0.2) is 15.3 Å². The lowest BCUT2D eigenvalue weighted by atomic mass is 10.1. The highest BCUT2D eigenvalue weighted by atomic mass is 35.5. The van der Waals surface area contributed by atoms with E-state index in [1.165, 1.54) is 5.56 Å². The maximum atomic E-state index is 6.05.